The molecule has 0 unspecified atom stereocenters. The summed E-state index contributed by atoms with van der Waals surface area (Å²) in [5, 5.41) is 14.5. The van der Waals surface area contributed by atoms with Gasteiger partial charge in [-0.05, 0) is 46.1 Å². The van der Waals surface area contributed by atoms with Crippen LogP contribution >= 0.6 is 11.3 Å². The largest absolute Gasteiger partial charge is 0.369 e. The Morgan fingerprint density at radius 2 is 2.04 bits per heavy atom. The molecule has 134 valence electrons. The highest BCUT2D eigenvalue weighted by Crippen LogP contribution is 2.19. The number of amides is 2. The van der Waals surface area contributed by atoms with Crippen LogP contribution in [-0.4, -0.2) is 31.6 Å². The first-order valence-corrected chi connectivity index (χ1v) is 8.25. The molecule has 0 spiro atoms. The number of rotatable bonds is 5. The van der Waals surface area contributed by atoms with Crippen LogP contribution in [0.15, 0.2) is 40.5 Å². The monoisotopic (exact) mass is 376 g/mol. The normalized spacial score (nSPS) is 10.5. The van der Waals surface area contributed by atoms with E-state index >= 15 is 0 Å². The van der Waals surface area contributed by atoms with Gasteiger partial charge < -0.3 is 10.6 Å². The van der Waals surface area contributed by atoms with Crippen molar-refractivity contribution in [2.24, 2.45) is 0 Å². The summed E-state index contributed by atoms with van der Waals surface area (Å²) in [6.07, 6.45) is 0. The Balaban J connectivity index is 1.74. The van der Waals surface area contributed by atoms with Gasteiger partial charge in [-0.2, -0.15) is 9.36 Å². The summed E-state index contributed by atoms with van der Waals surface area (Å²) in [4.78, 5) is 35.4. The second-order valence-corrected chi connectivity index (χ2v) is 6.13. The molecule has 9 nitrogen and oxygen atoms in total. The van der Waals surface area contributed by atoms with Gasteiger partial charge in [-0.1, -0.05) is 0 Å². The highest BCUT2D eigenvalue weighted by Gasteiger charge is 2.14. The van der Waals surface area contributed by atoms with Gasteiger partial charge in [0, 0.05) is 12.6 Å². The van der Waals surface area contributed by atoms with Crippen molar-refractivity contribution in [3.63, 3.8) is 0 Å². The zero-order valence-corrected chi connectivity index (χ0v) is 14.3. The van der Waals surface area contributed by atoms with E-state index in [0.717, 1.165) is 15.4 Å². The first kappa shape index (κ1) is 17.5. The van der Waals surface area contributed by atoms with Gasteiger partial charge >= 0.3 is 5.69 Å². The fourth-order valence-electron chi connectivity index (χ4n) is 2.13. The minimum atomic E-state index is -0.679. The minimum absolute atomic E-state index is 0.125. The van der Waals surface area contributed by atoms with Crippen molar-refractivity contribution in [2.75, 3.05) is 10.6 Å². The van der Waals surface area contributed by atoms with Crippen molar-refractivity contribution >= 4 is 34.5 Å². The van der Waals surface area contributed by atoms with Gasteiger partial charge in [0.1, 0.15) is 17.4 Å². The Labute approximate surface area is 150 Å². The highest BCUT2D eigenvalue weighted by atomic mass is 32.1. The molecule has 11 heteroatoms. The van der Waals surface area contributed by atoms with Crippen LogP contribution in [0, 0.1) is 5.82 Å². The summed E-state index contributed by atoms with van der Waals surface area (Å²) >= 11 is 1.30. The molecule has 2 amide bonds. The first-order chi connectivity index (χ1) is 12.4. The van der Waals surface area contributed by atoms with Gasteiger partial charge in [0.25, 0.3) is 0 Å². The standard InChI is InChI=1S/C15H13FN6O3S/c1-9(23)17-10-4-5-11(16)12(7-10)18-13(24)8-21-15(25)22(20-19-21)14-3-2-6-26-14/h2-7H,8H2,1H3,(H,17,23)(H,18,24). The van der Waals surface area contributed by atoms with Crippen LogP contribution in [-0.2, 0) is 16.1 Å². The second kappa shape index (κ2) is 7.27. The number of benzene rings is 1. The predicted molar refractivity (Wildman–Crippen MR) is 92.8 cm³/mol. The number of nitrogens with zero attached hydrogens (tertiary/aromatic N) is 4. The molecule has 0 aliphatic heterocycles. The maximum absolute atomic E-state index is 13.8. The third-order valence-corrected chi connectivity index (χ3v) is 4.05. The Kier molecular flexibility index (Phi) is 4.89. The number of nitrogens with one attached hydrogen (secondary N) is 2. The summed E-state index contributed by atoms with van der Waals surface area (Å²) in [7, 11) is 0. The maximum Gasteiger partial charge on any atom is 0.369 e. The van der Waals surface area contributed by atoms with E-state index in [-0.39, 0.29) is 11.6 Å². The number of thiophene rings is 1. The number of aromatic nitrogens is 4. The van der Waals surface area contributed by atoms with Crippen LogP contribution in [0.5, 0.6) is 0 Å². The molecule has 26 heavy (non-hydrogen) atoms. The number of hydrogen-bond acceptors (Lipinski definition) is 6. The topological polar surface area (TPSA) is 111 Å². The molecule has 0 aliphatic rings. The molecule has 3 aromatic rings. The second-order valence-electron chi connectivity index (χ2n) is 5.21. The quantitative estimate of drug-likeness (QED) is 0.696. The first-order valence-electron chi connectivity index (χ1n) is 7.38. The molecule has 2 aromatic heterocycles. The average Bonchev–Trinajstić information content (AvgIpc) is 3.21. The lowest BCUT2D eigenvalue weighted by atomic mass is 10.2. The predicted octanol–water partition coefficient (Wildman–Crippen LogP) is 1.23. The van der Waals surface area contributed by atoms with Crippen molar-refractivity contribution in [3.05, 3.63) is 52.0 Å². The fourth-order valence-corrected chi connectivity index (χ4v) is 2.80. The smallest absolute Gasteiger partial charge is 0.326 e. The molecule has 0 aliphatic carbocycles. The molecule has 0 radical (unpaired) electrons. The molecule has 1 aromatic carbocycles. The van der Waals surface area contributed by atoms with Crippen molar-refractivity contribution in [3.8, 4) is 5.00 Å². The molecular weight excluding hydrogens is 363 g/mol. The zero-order chi connectivity index (χ0) is 18.7. The van der Waals surface area contributed by atoms with Gasteiger partial charge in [0.05, 0.1) is 5.69 Å². The van der Waals surface area contributed by atoms with Crippen LogP contribution in [0.1, 0.15) is 6.92 Å². The molecular formula is C15H13FN6O3S. The summed E-state index contributed by atoms with van der Waals surface area (Å²) in [5.74, 6) is -1.67. The van der Waals surface area contributed by atoms with E-state index in [0.29, 0.717) is 10.7 Å². The van der Waals surface area contributed by atoms with E-state index in [1.54, 1.807) is 17.5 Å². The number of tetrazole rings is 1. The van der Waals surface area contributed by atoms with Crippen molar-refractivity contribution < 1.29 is 14.0 Å². The van der Waals surface area contributed by atoms with E-state index < -0.39 is 24.0 Å². The number of carbonyl (C=O) groups is 2. The molecule has 2 N–H and O–H groups in total. The minimum Gasteiger partial charge on any atom is -0.326 e. The number of anilines is 2. The van der Waals surface area contributed by atoms with Crippen LogP contribution in [0.2, 0.25) is 0 Å². The van der Waals surface area contributed by atoms with E-state index in [9.17, 15) is 18.8 Å². The summed E-state index contributed by atoms with van der Waals surface area (Å²) in [6, 6.07) is 7.20. The molecule has 0 saturated heterocycles. The summed E-state index contributed by atoms with van der Waals surface area (Å²) < 4.78 is 15.8. The van der Waals surface area contributed by atoms with Crippen molar-refractivity contribution in [1.29, 1.82) is 0 Å². The Hall–Kier alpha value is -3.34. The Morgan fingerprint density at radius 3 is 2.73 bits per heavy atom. The molecule has 0 saturated carbocycles. The van der Waals surface area contributed by atoms with Gasteiger partial charge in [0.15, 0.2) is 0 Å². The van der Waals surface area contributed by atoms with Gasteiger partial charge in [0.2, 0.25) is 11.8 Å². The lowest BCUT2D eigenvalue weighted by Crippen LogP contribution is -2.29. The zero-order valence-electron chi connectivity index (χ0n) is 13.5. The molecule has 3 rings (SSSR count). The molecule has 2 heterocycles. The highest BCUT2D eigenvalue weighted by molar-refractivity contribution is 7.12. The Bertz CT molecular complexity index is 1010. The fraction of sp³-hybridized carbons (Fsp3) is 0.133. The number of halogens is 1. The number of hydrogen-bond donors (Lipinski definition) is 2. The van der Waals surface area contributed by atoms with Gasteiger partial charge in [-0.3, -0.25) is 9.59 Å². The summed E-state index contributed by atoms with van der Waals surface area (Å²) in [5.41, 5.74) is -0.384. The van der Waals surface area contributed by atoms with Crippen LogP contribution in [0.3, 0.4) is 0 Å². The van der Waals surface area contributed by atoms with Crippen molar-refractivity contribution in [1.82, 2.24) is 19.8 Å². The lowest BCUT2D eigenvalue weighted by molar-refractivity contribution is -0.117. The SMILES string of the molecule is CC(=O)Nc1ccc(F)c(NC(=O)Cn2nnn(-c3cccs3)c2=O)c1. The number of carbonyl (C=O) groups excluding carboxylic acids is 2. The van der Waals surface area contributed by atoms with Gasteiger partial charge in [-0.15, -0.1) is 11.3 Å². The van der Waals surface area contributed by atoms with Gasteiger partial charge in [-0.25, -0.2) is 9.18 Å². The lowest BCUT2D eigenvalue weighted by Gasteiger charge is -2.08. The summed E-state index contributed by atoms with van der Waals surface area (Å²) in [6.45, 7) is 0.874. The average molecular weight is 376 g/mol. The third-order valence-electron chi connectivity index (χ3n) is 3.21. The van der Waals surface area contributed by atoms with E-state index in [1.807, 2.05) is 0 Å². The molecule has 0 fully saturated rings. The van der Waals surface area contributed by atoms with E-state index in [1.165, 1.54) is 30.4 Å². The van der Waals surface area contributed by atoms with Crippen LogP contribution < -0.4 is 16.3 Å². The van der Waals surface area contributed by atoms with Crippen LogP contribution in [0.4, 0.5) is 15.8 Å². The Morgan fingerprint density at radius 1 is 1.23 bits per heavy atom. The maximum atomic E-state index is 13.8. The molecule has 0 bridgehead atoms. The van der Waals surface area contributed by atoms with Crippen LogP contribution in [0.25, 0.3) is 5.00 Å². The van der Waals surface area contributed by atoms with E-state index in [4.69, 9.17) is 0 Å². The molecule has 0 atom stereocenters. The van der Waals surface area contributed by atoms with E-state index in [2.05, 4.69) is 21.1 Å². The third kappa shape index (κ3) is 3.83. The van der Waals surface area contributed by atoms with Crippen molar-refractivity contribution in [2.45, 2.75) is 13.5 Å².